The third kappa shape index (κ3) is 58.3. The second kappa shape index (κ2) is 60.1. The highest BCUT2D eigenvalue weighted by Crippen LogP contribution is 2.14. The second-order valence-electron chi connectivity index (χ2n) is 19.1. The fraction of sp³-hybridized carbons (Fsp3) is 0.627. The molecule has 412 valence electrons. The molecule has 0 spiro atoms. The molecule has 0 rings (SSSR count). The van der Waals surface area contributed by atoms with Crippen LogP contribution in [0.25, 0.3) is 0 Å². The molecule has 0 aromatic heterocycles. The van der Waals surface area contributed by atoms with E-state index < -0.39 is 6.10 Å². The van der Waals surface area contributed by atoms with E-state index in [2.05, 4.69) is 154 Å². The average molecular weight is 1010 g/mol. The monoisotopic (exact) mass is 1010 g/mol. The first kappa shape index (κ1) is 68.6. The zero-order chi connectivity index (χ0) is 52.9. The molecule has 0 amide bonds. The number of ether oxygens (including phenoxy) is 3. The van der Waals surface area contributed by atoms with Gasteiger partial charge in [0.2, 0.25) is 0 Å². The molecule has 0 aliphatic heterocycles. The van der Waals surface area contributed by atoms with E-state index in [4.69, 9.17) is 14.2 Å². The van der Waals surface area contributed by atoms with Crippen molar-refractivity contribution in [2.75, 3.05) is 13.2 Å². The van der Waals surface area contributed by atoms with E-state index in [1.165, 1.54) is 57.8 Å². The lowest BCUT2D eigenvalue weighted by atomic mass is 10.1. The maximum atomic E-state index is 12.8. The van der Waals surface area contributed by atoms with E-state index in [0.717, 1.165) is 154 Å². The predicted molar refractivity (Wildman–Crippen MR) is 316 cm³/mol. The number of unbranched alkanes of at least 4 members (excludes halogenated alkanes) is 19. The molecule has 1 unspecified atom stereocenters. The molecule has 6 heteroatoms. The standard InChI is InChI=1S/C67H108O6/c1-4-7-10-13-16-18-20-22-24-25-26-27-28-29-30-31-32-33-34-35-36-37-38-39-40-41-43-44-46-48-51-54-57-60-66(69)72-63-64(62-71-65(68)59-56-53-50-15-12-9-6-3)73-67(70)61-58-55-52-49-47-45-42-23-21-19-17-14-11-8-5-2/h7-8,10-11,16-19,22-24,26-27,29-30,32-33,35-36,38-39,42,64H,4-6,9,12-15,20-21,25,28,31,34,37,40-41,43-63H2,1-3H3/b10-7-,11-8-,18-16-,19-17-,24-22-,27-26-,30-29-,33-32-,36-35-,39-38-,42-23-. The fourth-order valence-electron chi connectivity index (χ4n) is 7.77. The zero-order valence-corrected chi connectivity index (χ0v) is 47.1. The van der Waals surface area contributed by atoms with E-state index in [0.29, 0.717) is 19.3 Å². The van der Waals surface area contributed by atoms with Gasteiger partial charge in [-0.25, -0.2) is 0 Å². The van der Waals surface area contributed by atoms with Gasteiger partial charge in [-0.1, -0.05) is 251 Å². The summed E-state index contributed by atoms with van der Waals surface area (Å²) >= 11 is 0. The van der Waals surface area contributed by atoms with E-state index in [1.807, 2.05) is 0 Å². The Labute approximate surface area is 449 Å². The van der Waals surface area contributed by atoms with Gasteiger partial charge in [-0.2, -0.15) is 0 Å². The molecule has 0 fully saturated rings. The quantitative estimate of drug-likeness (QED) is 0.0261. The van der Waals surface area contributed by atoms with Crippen LogP contribution in [0.1, 0.15) is 252 Å². The van der Waals surface area contributed by atoms with Crippen LogP contribution in [-0.2, 0) is 28.6 Å². The first-order chi connectivity index (χ1) is 36.0. The van der Waals surface area contributed by atoms with E-state index in [1.54, 1.807) is 0 Å². The summed E-state index contributed by atoms with van der Waals surface area (Å²) < 4.78 is 16.8. The number of hydrogen-bond acceptors (Lipinski definition) is 6. The molecule has 1 atom stereocenters. The molecule has 0 radical (unpaired) electrons. The van der Waals surface area contributed by atoms with Crippen molar-refractivity contribution in [3.05, 3.63) is 134 Å². The van der Waals surface area contributed by atoms with Gasteiger partial charge in [-0.15, -0.1) is 0 Å². The van der Waals surface area contributed by atoms with Crippen LogP contribution in [-0.4, -0.2) is 37.2 Å². The maximum absolute atomic E-state index is 12.8. The predicted octanol–water partition coefficient (Wildman–Crippen LogP) is 20.2. The van der Waals surface area contributed by atoms with Gasteiger partial charge in [-0.05, 0) is 116 Å². The molecule has 0 heterocycles. The summed E-state index contributed by atoms with van der Waals surface area (Å²) in [5, 5.41) is 0. The van der Waals surface area contributed by atoms with Gasteiger partial charge in [0.05, 0.1) is 0 Å². The molecule has 0 N–H and O–H groups in total. The minimum Gasteiger partial charge on any atom is -0.462 e. The van der Waals surface area contributed by atoms with Crippen LogP contribution in [0.5, 0.6) is 0 Å². The van der Waals surface area contributed by atoms with Crippen LogP contribution in [0.3, 0.4) is 0 Å². The summed E-state index contributed by atoms with van der Waals surface area (Å²) in [6.07, 6.45) is 84.7. The summed E-state index contributed by atoms with van der Waals surface area (Å²) in [4.78, 5) is 37.9. The Hall–Kier alpha value is -4.45. The highest BCUT2D eigenvalue weighted by molar-refractivity contribution is 5.71. The number of carbonyl (C=O) groups excluding carboxylic acids is 3. The smallest absolute Gasteiger partial charge is 0.306 e. The fourth-order valence-corrected chi connectivity index (χ4v) is 7.77. The molecule has 0 saturated heterocycles. The number of carbonyl (C=O) groups is 3. The van der Waals surface area contributed by atoms with E-state index in [-0.39, 0.29) is 31.1 Å². The van der Waals surface area contributed by atoms with Crippen molar-refractivity contribution in [1.29, 1.82) is 0 Å². The summed E-state index contributed by atoms with van der Waals surface area (Å²) in [5.41, 5.74) is 0. The molecule has 73 heavy (non-hydrogen) atoms. The van der Waals surface area contributed by atoms with Crippen LogP contribution < -0.4 is 0 Å². The summed E-state index contributed by atoms with van der Waals surface area (Å²) in [5.74, 6) is -0.926. The Morgan fingerprint density at radius 2 is 0.534 bits per heavy atom. The number of hydrogen-bond donors (Lipinski definition) is 0. The van der Waals surface area contributed by atoms with Gasteiger partial charge >= 0.3 is 17.9 Å². The molecule has 0 aliphatic rings. The Kier molecular flexibility index (Phi) is 56.4. The van der Waals surface area contributed by atoms with Crippen LogP contribution in [0.15, 0.2) is 134 Å². The van der Waals surface area contributed by atoms with Crippen molar-refractivity contribution in [2.24, 2.45) is 0 Å². The molecule has 0 bridgehead atoms. The van der Waals surface area contributed by atoms with Gasteiger partial charge in [-0.3, -0.25) is 14.4 Å². The molecule has 0 aliphatic carbocycles. The highest BCUT2D eigenvalue weighted by atomic mass is 16.6. The van der Waals surface area contributed by atoms with Crippen LogP contribution in [0.4, 0.5) is 0 Å². The Bertz CT molecular complexity index is 1580. The van der Waals surface area contributed by atoms with Gasteiger partial charge in [0, 0.05) is 19.3 Å². The minimum absolute atomic E-state index is 0.0898. The molecule has 0 aromatic carbocycles. The SMILES string of the molecule is CC/C=C\C/C=C\C/C=C\C/C=C\C/C=C\C/C=C\C/C=C\C/C=C\CCCCCCCCCCC(=O)OCC(COC(=O)CCCCCCCCC)OC(=O)CCCCCCC/C=C\C/C=C\C/C=C\CC. The molecule has 0 aromatic rings. The topological polar surface area (TPSA) is 78.9 Å². The third-order valence-electron chi connectivity index (χ3n) is 12.2. The summed E-state index contributed by atoms with van der Waals surface area (Å²) in [7, 11) is 0. The van der Waals surface area contributed by atoms with Crippen molar-refractivity contribution < 1.29 is 28.6 Å². The maximum Gasteiger partial charge on any atom is 0.306 e. The minimum atomic E-state index is -0.791. The number of rotatable bonds is 52. The lowest BCUT2D eigenvalue weighted by molar-refractivity contribution is -0.167. The Morgan fingerprint density at radius 1 is 0.288 bits per heavy atom. The average Bonchev–Trinajstić information content (AvgIpc) is 3.39. The van der Waals surface area contributed by atoms with Gasteiger partial charge in [0.15, 0.2) is 6.10 Å². The Balaban J connectivity index is 4.16. The normalized spacial score (nSPS) is 13.1. The summed E-state index contributed by atoms with van der Waals surface area (Å²) in [6, 6.07) is 0. The largest absolute Gasteiger partial charge is 0.462 e. The van der Waals surface area contributed by atoms with Crippen LogP contribution in [0.2, 0.25) is 0 Å². The second-order valence-corrected chi connectivity index (χ2v) is 19.1. The van der Waals surface area contributed by atoms with Gasteiger partial charge < -0.3 is 14.2 Å². The first-order valence-corrected chi connectivity index (χ1v) is 29.7. The Morgan fingerprint density at radius 3 is 0.836 bits per heavy atom. The summed E-state index contributed by atoms with van der Waals surface area (Å²) in [6.45, 7) is 6.34. The van der Waals surface area contributed by atoms with E-state index in [9.17, 15) is 14.4 Å². The third-order valence-corrected chi connectivity index (χ3v) is 12.2. The first-order valence-electron chi connectivity index (χ1n) is 29.7. The van der Waals surface area contributed by atoms with Crippen molar-refractivity contribution in [1.82, 2.24) is 0 Å². The van der Waals surface area contributed by atoms with Gasteiger partial charge in [0.1, 0.15) is 13.2 Å². The van der Waals surface area contributed by atoms with Crippen LogP contribution in [0, 0.1) is 0 Å². The lowest BCUT2D eigenvalue weighted by Crippen LogP contribution is -2.30. The highest BCUT2D eigenvalue weighted by Gasteiger charge is 2.19. The van der Waals surface area contributed by atoms with Crippen molar-refractivity contribution in [3.8, 4) is 0 Å². The lowest BCUT2D eigenvalue weighted by Gasteiger charge is -2.18. The van der Waals surface area contributed by atoms with Crippen molar-refractivity contribution >= 4 is 17.9 Å². The van der Waals surface area contributed by atoms with Crippen molar-refractivity contribution in [3.63, 3.8) is 0 Å². The zero-order valence-electron chi connectivity index (χ0n) is 47.1. The van der Waals surface area contributed by atoms with E-state index >= 15 is 0 Å². The van der Waals surface area contributed by atoms with Gasteiger partial charge in [0.25, 0.3) is 0 Å². The molecule has 6 nitrogen and oxygen atoms in total. The number of allylic oxidation sites excluding steroid dienone is 22. The number of esters is 3. The van der Waals surface area contributed by atoms with Crippen molar-refractivity contribution in [2.45, 2.75) is 258 Å². The molecular formula is C67H108O6. The molecular weight excluding hydrogens is 901 g/mol. The van der Waals surface area contributed by atoms with Crippen LogP contribution >= 0.6 is 0 Å². The molecule has 0 saturated carbocycles.